The highest BCUT2D eigenvalue weighted by molar-refractivity contribution is 5.80. The first-order chi connectivity index (χ1) is 15.7. The van der Waals surface area contributed by atoms with E-state index in [1.54, 1.807) is 36.8 Å². The van der Waals surface area contributed by atoms with Gasteiger partial charge in [0.25, 0.3) is 5.69 Å². The second-order valence-corrected chi connectivity index (χ2v) is 6.56. The van der Waals surface area contributed by atoms with Crippen LogP contribution in [0.3, 0.4) is 0 Å². The van der Waals surface area contributed by atoms with Crippen LogP contribution in [0.1, 0.15) is 5.56 Å². The van der Waals surface area contributed by atoms with Gasteiger partial charge in [0.15, 0.2) is 0 Å². The summed E-state index contributed by atoms with van der Waals surface area (Å²) in [5.74, 6) is 1.52. The number of benzene rings is 1. The number of aromatic amines is 1. The molecule has 11 heteroatoms. The summed E-state index contributed by atoms with van der Waals surface area (Å²) in [5, 5.41) is 26.4. The zero-order chi connectivity index (χ0) is 22.3. The van der Waals surface area contributed by atoms with Gasteiger partial charge in [-0.1, -0.05) is 18.2 Å². The molecule has 0 atom stereocenters. The third-order valence-corrected chi connectivity index (χ3v) is 4.52. The van der Waals surface area contributed by atoms with Gasteiger partial charge in [-0.3, -0.25) is 10.1 Å². The van der Waals surface area contributed by atoms with E-state index in [2.05, 4.69) is 41.6 Å². The van der Waals surface area contributed by atoms with Crippen molar-refractivity contribution in [2.45, 2.75) is 0 Å². The van der Waals surface area contributed by atoms with E-state index < -0.39 is 4.92 Å². The van der Waals surface area contributed by atoms with Crippen molar-refractivity contribution < 1.29 is 4.92 Å². The molecule has 4 aromatic rings. The number of rotatable bonds is 8. The lowest BCUT2D eigenvalue weighted by molar-refractivity contribution is -0.385. The molecule has 0 saturated carbocycles. The fourth-order valence-corrected chi connectivity index (χ4v) is 3.01. The van der Waals surface area contributed by atoms with E-state index >= 15 is 0 Å². The van der Waals surface area contributed by atoms with Crippen LogP contribution in [0.15, 0.2) is 61.2 Å². The standard InChI is InChI=1S/C21H17N9O2/c22-11-14-3-1-2-4-16(14)19-17(20-24-8-9-25-20)13-28-21(29-19)26-10-7-23-18-6-5-15(12-27-18)30(31)32/h1-6,8-9,12-13H,7,10H2,(H,23,27)(H,24,25)(H,26,28,29). The first-order valence-electron chi connectivity index (χ1n) is 9.60. The molecule has 158 valence electrons. The molecule has 32 heavy (non-hydrogen) atoms. The molecule has 0 aliphatic heterocycles. The van der Waals surface area contributed by atoms with Crippen molar-refractivity contribution in [3.05, 3.63) is 76.9 Å². The molecule has 0 spiro atoms. The van der Waals surface area contributed by atoms with E-state index in [0.29, 0.717) is 53.1 Å². The SMILES string of the molecule is N#Cc1ccccc1-c1nc(NCCNc2ccc([N+](=O)[O-])cn2)ncc1-c1ncc[nH]1. The highest BCUT2D eigenvalue weighted by Gasteiger charge is 2.16. The monoisotopic (exact) mass is 427 g/mol. The molecule has 0 amide bonds. The molecule has 0 bridgehead atoms. The molecule has 0 saturated heterocycles. The summed E-state index contributed by atoms with van der Waals surface area (Å²) < 4.78 is 0. The minimum atomic E-state index is -0.496. The number of nitrogens with one attached hydrogen (secondary N) is 3. The van der Waals surface area contributed by atoms with Gasteiger partial charge in [-0.05, 0) is 12.1 Å². The molecular weight excluding hydrogens is 410 g/mol. The van der Waals surface area contributed by atoms with Crippen molar-refractivity contribution in [3.63, 3.8) is 0 Å². The largest absolute Gasteiger partial charge is 0.368 e. The number of H-pyrrole nitrogens is 1. The fourth-order valence-electron chi connectivity index (χ4n) is 3.01. The van der Waals surface area contributed by atoms with Gasteiger partial charge in [0.05, 0.1) is 27.8 Å². The van der Waals surface area contributed by atoms with Gasteiger partial charge >= 0.3 is 0 Å². The molecule has 0 unspecified atom stereocenters. The van der Waals surface area contributed by atoms with E-state index in [1.165, 1.54) is 12.3 Å². The Balaban J connectivity index is 1.50. The Morgan fingerprint density at radius 1 is 1.03 bits per heavy atom. The van der Waals surface area contributed by atoms with Crippen LogP contribution in [-0.2, 0) is 0 Å². The van der Waals surface area contributed by atoms with Gasteiger partial charge in [0.2, 0.25) is 5.95 Å². The van der Waals surface area contributed by atoms with Gasteiger partial charge < -0.3 is 15.6 Å². The minimum Gasteiger partial charge on any atom is -0.368 e. The van der Waals surface area contributed by atoms with Crippen molar-refractivity contribution in [3.8, 4) is 28.7 Å². The first kappa shape index (κ1) is 20.4. The van der Waals surface area contributed by atoms with Crippen LogP contribution in [0.4, 0.5) is 17.5 Å². The number of hydrogen-bond donors (Lipinski definition) is 3. The third kappa shape index (κ3) is 4.49. The Morgan fingerprint density at radius 2 is 1.88 bits per heavy atom. The van der Waals surface area contributed by atoms with Crippen molar-refractivity contribution >= 4 is 17.5 Å². The third-order valence-electron chi connectivity index (χ3n) is 4.52. The number of pyridine rings is 1. The molecule has 3 N–H and O–H groups in total. The Kier molecular flexibility index (Phi) is 5.94. The lowest BCUT2D eigenvalue weighted by Crippen LogP contribution is -2.16. The van der Waals surface area contributed by atoms with Crippen LogP contribution in [-0.4, -0.2) is 42.9 Å². The average molecular weight is 427 g/mol. The van der Waals surface area contributed by atoms with Crippen LogP contribution in [0, 0.1) is 21.4 Å². The molecule has 3 heterocycles. The fraction of sp³-hybridized carbons (Fsp3) is 0.0952. The average Bonchev–Trinajstić information content (AvgIpc) is 3.37. The van der Waals surface area contributed by atoms with Crippen molar-refractivity contribution in [1.29, 1.82) is 5.26 Å². The zero-order valence-corrected chi connectivity index (χ0v) is 16.7. The van der Waals surface area contributed by atoms with Crippen molar-refractivity contribution in [2.75, 3.05) is 23.7 Å². The number of imidazole rings is 1. The van der Waals surface area contributed by atoms with Crippen LogP contribution in [0.2, 0.25) is 0 Å². The van der Waals surface area contributed by atoms with E-state index in [0.717, 1.165) is 0 Å². The van der Waals surface area contributed by atoms with Crippen LogP contribution in [0.5, 0.6) is 0 Å². The van der Waals surface area contributed by atoms with Crippen LogP contribution < -0.4 is 10.6 Å². The summed E-state index contributed by atoms with van der Waals surface area (Å²) in [7, 11) is 0. The maximum atomic E-state index is 10.7. The maximum Gasteiger partial charge on any atom is 0.287 e. The second-order valence-electron chi connectivity index (χ2n) is 6.56. The molecule has 3 aromatic heterocycles. The lowest BCUT2D eigenvalue weighted by atomic mass is 10.0. The van der Waals surface area contributed by atoms with Crippen LogP contribution >= 0.6 is 0 Å². The molecule has 0 aliphatic rings. The maximum absolute atomic E-state index is 10.7. The molecule has 0 aliphatic carbocycles. The molecule has 11 nitrogen and oxygen atoms in total. The second kappa shape index (κ2) is 9.31. The van der Waals surface area contributed by atoms with Gasteiger partial charge in [-0.25, -0.2) is 19.9 Å². The van der Waals surface area contributed by atoms with Crippen LogP contribution in [0.25, 0.3) is 22.6 Å². The first-order valence-corrected chi connectivity index (χ1v) is 9.60. The Bertz CT molecular complexity index is 1270. The number of nitriles is 1. The van der Waals surface area contributed by atoms with E-state index in [1.807, 2.05) is 12.1 Å². The molecular formula is C21H17N9O2. The lowest BCUT2D eigenvalue weighted by Gasteiger charge is -2.12. The summed E-state index contributed by atoms with van der Waals surface area (Å²) in [4.78, 5) is 30.5. The van der Waals surface area contributed by atoms with Crippen molar-refractivity contribution in [1.82, 2.24) is 24.9 Å². The van der Waals surface area contributed by atoms with E-state index in [9.17, 15) is 15.4 Å². The smallest absolute Gasteiger partial charge is 0.287 e. The zero-order valence-electron chi connectivity index (χ0n) is 16.7. The summed E-state index contributed by atoms with van der Waals surface area (Å²) >= 11 is 0. The minimum absolute atomic E-state index is 0.0658. The Morgan fingerprint density at radius 3 is 2.59 bits per heavy atom. The van der Waals surface area contributed by atoms with Gasteiger partial charge in [0, 0.05) is 43.3 Å². The Hall–Kier alpha value is -4.85. The molecule has 0 radical (unpaired) electrons. The normalized spacial score (nSPS) is 10.3. The highest BCUT2D eigenvalue weighted by atomic mass is 16.6. The number of nitro groups is 1. The predicted octanol–water partition coefficient (Wildman–Crippen LogP) is 3.23. The number of anilines is 2. The molecule has 1 aromatic carbocycles. The molecule has 4 rings (SSSR count). The topological polar surface area (TPSA) is 158 Å². The predicted molar refractivity (Wildman–Crippen MR) is 118 cm³/mol. The summed E-state index contributed by atoms with van der Waals surface area (Å²) in [6, 6.07) is 12.3. The van der Waals surface area contributed by atoms with Gasteiger partial charge in [0.1, 0.15) is 17.8 Å². The number of nitrogens with zero attached hydrogens (tertiary/aromatic N) is 6. The Labute approximate surface area is 182 Å². The number of hydrogen-bond acceptors (Lipinski definition) is 9. The quantitative estimate of drug-likeness (QED) is 0.218. The van der Waals surface area contributed by atoms with Gasteiger partial charge in [-0.15, -0.1) is 0 Å². The molecule has 0 fully saturated rings. The van der Waals surface area contributed by atoms with Gasteiger partial charge in [-0.2, -0.15) is 5.26 Å². The summed E-state index contributed by atoms with van der Waals surface area (Å²) in [6.07, 6.45) is 6.20. The highest BCUT2D eigenvalue weighted by Crippen LogP contribution is 2.30. The number of aromatic nitrogens is 5. The summed E-state index contributed by atoms with van der Waals surface area (Å²) in [6.45, 7) is 0.955. The van der Waals surface area contributed by atoms with E-state index in [-0.39, 0.29) is 5.69 Å². The summed E-state index contributed by atoms with van der Waals surface area (Å²) in [5.41, 5.74) is 2.37. The van der Waals surface area contributed by atoms with Crippen molar-refractivity contribution in [2.24, 2.45) is 0 Å². The van der Waals surface area contributed by atoms with E-state index in [4.69, 9.17) is 0 Å².